The number of rotatable bonds is 4. The van der Waals surface area contributed by atoms with Crippen LogP contribution in [0.1, 0.15) is 19.4 Å². The Bertz CT molecular complexity index is 375. The maximum Gasteiger partial charge on any atom is 0.410 e. The summed E-state index contributed by atoms with van der Waals surface area (Å²) in [5, 5.41) is 0. The lowest BCUT2D eigenvalue weighted by Crippen LogP contribution is -2.37. The topological polar surface area (TPSA) is 29.5 Å². The summed E-state index contributed by atoms with van der Waals surface area (Å²) in [5.74, 6) is 0.471. The van der Waals surface area contributed by atoms with Crippen LogP contribution >= 0.6 is 0 Å². The van der Waals surface area contributed by atoms with Gasteiger partial charge in [0, 0.05) is 6.54 Å². The van der Waals surface area contributed by atoms with Crippen LogP contribution in [0.15, 0.2) is 30.3 Å². The van der Waals surface area contributed by atoms with E-state index in [1.54, 1.807) is 0 Å². The molecule has 1 aromatic carbocycles. The van der Waals surface area contributed by atoms with Crippen LogP contribution in [0, 0.1) is 5.92 Å². The molecule has 0 unspecified atom stereocenters. The van der Waals surface area contributed by atoms with Crippen LogP contribution in [-0.2, 0) is 11.2 Å². The van der Waals surface area contributed by atoms with Gasteiger partial charge in [-0.3, -0.25) is 0 Å². The summed E-state index contributed by atoms with van der Waals surface area (Å²) in [6.07, 6.45) is 0.707. The maximum absolute atomic E-state index is 11.6. The van der Waals surface area contributed by atoms with Gasteiger partial charge in [0.1, 0.15) is 6.61 Å². The van der Waals surface area contributed by atoms with Gasteiger partial charge in [-0.2, -0.15) is 0 Å². The number of hydrogen-bond donors (Lipinski definition) is 0. The van der Waals surface area contributed by atoms with Crippen molar-refractivity contribution in [2.45, 2.75) is 26.3 Å². The Hall–Kier alpha value is -1.51. The van der Waals surface area contributed by atoms with Crippen molar-refractivity contribution in [1.29, 1.82) is 0 Å². The molecule has 0 bridgehead atoms. The molecule has 17 heavy (non-hydrogen) atoms. The Morgan fingerprint density at radius 2 is 2.06 bits per heavy atom. The minimum atomic E-state index is -0.167. The third kappa shape index (κ3) is 2.99. The lowest BCUT2D eigenvalue weighted by molar-refractivity contribution is 0.154. The third-order valence-corrected chi connectivity index (χ3v) is 2.95. The minimum absolute atomic E-state index is 0.167. The van der Waals surface area contributed by atoms with Gasteiger partial charge in [-0.25, -0.2) is 4.79 Å². The Kier molecular flexibility index (Phi) is 3.67. The molecule has 1 aromatic rings. The highest BCUT2D eigenvalue weighted by Crippen LogP contribution is 2.18. The zero-order valence-electron chi connectivity index (χ0n) is 10.4. The average molecular weight is 233 g/mol. The van der Waals surface area contributed by atoms with E-state index in [9.17, 15) is 4.79 Å². The molecule has 0 saturated carbocycles. The van der Waals surface area contributed by atoms with E-state index >= 15 is 0 Å². The second kappa shape index (κ2) is 5.21. The van der Waals surface area contributed by atoms with Crippen LogP contribution in [0.3, 0.4) is 0 Å². The van der Waals surface area contributed by atoms with E-state index in [4.69, 9.17) is 4.74 Å². The minimum Gasteiger partial charge on any atom is -0.447 e. The van der Waals surface area contributed by atoms with Gasteiger partial charge in [0.15, 0.2) is 0 Å². The smallest absolute Gasteiger partial charge is 0.410 e. The predicted molar refractivity (Wildman–Crippen MR) is 66.8 cm³/mol. The van der Waals surface area contributed by atoms with Crippen molar-refractivity contribution in [2.24, 2.45) is 5.92 Å². The first-order valence-electron chi connectivity index (χ1n) is 6.14. The first-order valence-corrected chi connectivity index (χ1v) is 6.14. The second-order valence-electron chi connectivity index (χ2n) is 4.97. The summed E-state index contributed by atoms with van der Waals surface area (Å²) in [5.41, 5.74) is 1.25. The van der Waals surface area contributed by atoms with Crippen LogP contribution in [0.4, 0.5) is 4.79 Å². The summed E-state index contributed by atoms with van der Waals surface area (Å²) in [7, 11) is 0. The van der Waals surface area contributed by atoms with Gasteiger partial charge in [0.25, 0.3) is 0 Å². The number of ether oxygens (including phenoxy) is 1. The summed E-state index contributed by atoms with van der Waals surface area (Å²) in [6, 6.07) is 10.4. The Morgan fingerprint density at radius 1 is 1.35 bits per heavy atom. The Morgan fingerprint density at radius 3 is 2.71 bits per heavy atom. The van der Waals surface area contributed by atoms with Gasteiger partial charge in [-0.1, -0.05) is 44.2 Å². The van der Waals surface area contributed by atoms with E-state index < -0.39 is 0 Å². The van der Waals surface area contributed by atoms with Crippen LogP contribution in [0.2, 0.25) is 0 Å². The molecule has 0 aliphatic carbocycles. The van der Waals surface area contributed by atoms with Crippen molar-refractivity contribution in [2.75, 3.05) is 13.2 Å². The zero-order valence-corrected chi connectivity index (χ0v) is 10.4. The van der Waals surface area contributed by atoms with Gasteiger partial charge in [0.2, 0.25) is 0 Å². The van der Waals surface area contributed by atoms with Gasteiger partial charge >= 0.3 is 6.09 Å². The average Bonchev–Trinajstić information content (AvgIpc) is 2.62. The number of nitrogens with zero attached hydrogens (tertiary/aromatic N) is 1. The largest absolute Gasteiger partial charge is 0.447 e. The number of carbonyl (C=O) groups is 1. The standard InChI is InChI=1S/C14H19NO2/c1-11(2)9-15-13(10-17-14(15)16)8-12-6-4-3-5-7-12/h3-7,11,13H,8-10H2,1-2H3/t13-/m1/s1. The normalized spacial score (nSPS) is 19.8. The van der Waals surface area contributed by atoms with Crippen LogP contribution < -0.4 is 0 Å². The lowest BCUT2D eigenvalue weighted by atomic mass is 10.1. The van der Waals surface area contributed by atoms with E-state index in [-0.39, 0.29) is 12.1 Å². The highest BCUT2D eigenvalue weighted by atomic mass is 16.6. The number of benzene rings is 1. The van der Waals surface area contributed by atoms with Gasteiger partial charge in [0.05, 0.1) is 6.04 Å². The third-order valence-electron chi connectivity index (χ3n) is 2.95. The van der Waals surface area contributed by atoms with E-state index in [0.717, 1.165) is 13.0 Å². The lowest BCUT2D eigenvalue weighted by Gasteiger charge is -2.23. The first kappa shape index (κ1) is 12.0. The van der Waals surface area contributed by atoms with E-state index in [1.165, 1.54) is 5.56 Å². The maximum atomic E-state index is 11.6. The molecule has 1 atom stereocenters. The number of carbonyl (C=O) groups excluding carboxylic acids is 1. The highest BCUT2D eigenvalue weighted by molar-refractivity contribution is 5.70. The Labute approximate surface area is 102 Å². The SMILES string of the molecule is CC(C)CN1C(=O)OC[C@H]1Cc1ccccc1. The van der Waals surface area contributed by atoms with E-state index in [2.05, 4.69) is 26.0 Å². The molecule has 0 N–H and O–H groups in total. The number of amides is 1. The van der Waals surface area contributed by atoms with Crippen molar-refractivity contribution in [1.82, 2.24) is 4.90 Å². The molecule has 3 heteroatoms. The zero-order chi connectivity index (χ0) is 12.3. The second-order valence-corrected chi connectivity index (χ2v) is 4.97. The van der Waals surface area contributed by atoms with Crippen LogP contribution in [0.5, 0.6) is 0 Å². The molecule has 0 radical (unpaired) electrons. The molecule has 0 spiro atoms. The van der Waals surface area contributed by atoms with Crippen molar-refractivity contribution >= 4 is 6.09 Å². The monoisotopic (exact) mass is 233 g/mol. The molecule has 3 nitrogen and oxygen atoms in total. The predicted octanol–water partition coefficient (Wildman–Crippen LogP) is 2.71. The molecule has 2 rings (SSSR count). The molecular formula is C14H19NO2. The highest BCUT2D eigenvalue weighted by Gasteiger charge is 2.32. The fraction of sp³-hybridized carbons (Fsp3) is 0.500. The molecule has 1 saturated heterocycles. The molecule has 1 fully saturated rings. The molecule has 1 aliphatic heterocycles. The molecule has 92 valence electrons. The molecule has 1 amide bonds. The summed E-state index contributed by atoms with van der Waals surface area (Å²) in [6.45, 7) is 5.52. The van der Waals surface area contributed by atoms with Gasteiger partial charge in [-0.05, 0) is 17.9 Å². The van der Waals surface area contributed by atoms with Gasteiger partial charge in [-0.15, -0.1) is 0 Å². The fourth-order valence-electron chi connectivity index (χ4n) is 2.16. The van der Waals surface area contributed by atoms with Crippen molar-refractivity contribution < 1.29 is 9.53 Å². The summed E-state index contributed by atoms with van der Waals surface area (Å²) >= 11 is 0. The molecule has 1 heterocycles. The molecule has 1 aliphatic rings. The Balaban J connectivity index is 2.02. The van der Waals surface area contributed by atoms with Crippen LogP contribution in [0.25, 0.3) is 0 Å². The van der Waals surface area contributed by atoms with Crippen molar-refractivity contribution in [3.8, 4) is 0 Å². The van der Waals surface area contributed by atoms with Crippen molar-refractivity contribution in [3.05, 3.63) is 35.9 Å². The van der Waals surface area contributed by atoms with Crippen LogP contribution in [-0.4, -0.2) is 30.2 Å². The molecule has 0 aromatic heterocycles. The quantitative estimate of drug-likeness (QED) is 0.800. The van der Waals surface area contributed by atoms with Crippen molar-refractivity contribution in [3.63, 3.8) is 0 Å². The summed E-state index contributed by atoms with van der Waals surface area (Å²) < 4.78 is 5.14. The van der Waals surface area contributed by atoms with E-state index in [1.807, 2.05) is 23.1 Å². The number of cyclic esters (lactones) is 1. The fourth-order valence-corrected chi connectivity index (χ4v) is 2.16. The first-order chi connectivity index (χ1) is 8.16. The summed E-state index contributed by atoms with van der Waals surface area (Å²) in [4.78, 5) is 13.5. The van der Waals surface area contributed by atoms with E-state index in [0.29, 0.717) is 12.5 Å². The molecular weight excluding hydrogens is 214 g/mol. The van der Waals surface area contributed by atoms with Gasteiger partial charge < -0.3 is 9.64 Å². The number of hydrogen-bond acceptors (Lipinski definition) is 2.